The summed E-state index contributed by atoms with van der Waals surface area (Å²) in [4.78, 5) is 5.02. The van der Waals surface area contributed by atoms with E-state index in [0.29, 0.717) is 0 Å². The van der Waals surface area contributed by atoms with Crippen molar-refractivity contribution in [3.63, 3.8) is 0 Å². The maximum atomic E-state index is 3.68. The van der Waals surface area contributed by atoms with Gasteiger partial charge >= 0.3 is 0 Å². The van der Waals surface area contributed by atoms with Crippen LogP contribution in [0.4, 0.5) is 0 Å². The molecule has 3 nitrogen and oxygen atoms in total. The van der Waals surface area contributed by atoms with Crippen LogP contribution in [0.2, 0.25) is 0 Å². The fraction of sp³-hybridized carbons (Fsp3) is 1.00. The smallest absolute Gasteiger partial charge is 0.0250 e. The van der Waals surface area contributed by atoms with Crippen LogP contribution >= 0.6 is 0 Å². The second kappa shape index (κ2) is 8.13. The molecule has 0 heterocycles. The second-order valence-electron chi connectivity index (χ2n) is 6.35. The monoisotopic (exact) mass is 255 g/mol. The van der Waals surface area contributed by atoms with Crippen LogP contribution < -0.4 is 5.32 Å². The minimum absolute atomic E-state index is 0.718. The summed E-state index contributed by atoms with van der Waals surface area (Å²) in [5, 5.41) is 3.68. The van der Waals surface area contributed by atoms with Gasteiger partial charge in [0.15, 0.2) is 0 Å². The molecular formula is C15H33N3. The molecule has 0 saturated heterocycles. The third-order valence-corrected chi connectivity index (χ3v) is 3.85. The molecular weight excluding hydrogens is 222 g/mol. The number of hydrogen-bond acceptors (Lipinski definition) is 3. The summed E-state index contributed by atoms with van der Waals surface area (Å²) in [6, 6.07) is 1.48. The first kappa shape index (κ1) is 15.9. The van der Waals surface area contributed by atoms with Crippen LogP contribution in [0.3, 0.4) is 0 Å². The Morgan fingerprint density at radius 2 is 1.89 bits per heavy atom. The summed E-state index contributed by atoms with van der Waals surface area (Å²) in [6.45, 7) is 11.6. The van der Waals surface area contributed by atoms with Gasteiger partial charge in [-0.15, -0.1) is 0 Å². The fourth-order valence-electron chi connectivity index (χ4n) is 3.07. The number of nitrogens with zero attached hydrogens (tertiary/aromatic N) is 2. The summed E-state index contributed by atoms with van der Waals surface area (Å²) < 4.78 is 0. The van der Waals surface area contributed by atoms with Gasteiger partial charge in [-0.2, -0.15) is 0 Å². The van der Waals surface area contributed by atoms with Crippen LogP contribution in [-0.2, 0) is 0 Å². The first-order valence-electron chi connectivity index (χ1n) is 7.66. The first-order chi connectivity index (χ1) is 8.54. The first-order valence-corrected chi connectivity index (χ1v) is 7.66. The lowest BCUT2D eigenvalue weighted by Gasteiger charge is -2.35. The van der Waals surface area contributed by atoms with E-state index in [2.05, 4.69) is 50.0 Å². The van der Waals surface area contributed by atoms with E-state index in [1.165, 1.54) is 38.9 Å². The lowest BCUT2D eigenvalue weighted by atomic mass is 10.1. The molecule has 0 bridgehead atoms. The van der Waals surface area contributed by atoms with E-state index in [-0.39, 0.29) is 0 Å². The van der Waals surface area contributed by atoms with Gasteiger partial charge in [0.05, 0.1) is 0 Å². The van der Waals surface area contributed by atoms with Crippen LogP contribution in [0.5, 0.6) is 0 Å². The molecule has 1 fully saturated rings. The van der Waals surface area contributed by atoms with Gasteiger partial charge in [-0.1, -0.05) is 27.2 Å². The Morgan fingerprint density at radius 3 is 2.44 bits per heavy atom. The van der Waals surface area contributed by atoms with E-state index in [4.69, 9.17) is 0 Å². The molecule has 0 aromatic rings. The Hall–Kier alpha value is -0.120. The van der Waals surface area contributed by atoms with Gasteiger partial charge in [-0.05, 0) is 39.4 Å². The number of likely N-dealkylation sites (N-methyl/N-ethyl adjacent to an activating group) is 2. The predicted molar refractivity (Wildman–Crippen MR) is 80.1 cm³/mol. The van der Waals surface area contributed by atoms with Crippen molar-refractivity contribution < 1.29 is 0 Å². The van der Waals surface area contributed by atoms with Gasteiger partial charge in [0.2, 0.25) is 0 Å². The Kier molecular flexibility index (Phi) is 7.20. The zero-order valence-corrected chi connectivity index (χ0v) is 13.1. The third kappa shape index (κ3) is 5.25. The molecule has 0 aromatic carbocycles. The van der Waals surface area contributed by atoms with Crippen LogP contribution in [0.15, 0.2) is 0 Å². The highest BCUT2D eigenvalue weighted by Gasteiger charge is 2.31. The summed E-state index contributed by atoms with van der Waals surface area (Å²) >= 11 is 0. The van der Waals surface area contributed by atoms with E-state index < -0.39 is 0 Å². The van der Waals surface area contributed by atoms with Crippen molar-refractivity contribution in [1.29, 1.82) is 0 Å². The van der Waals surface area contributed by atoms with Crippen molar-refractivity contribution in [3.05, 3.63) is 0 Å². The molecule has 1 aliphatic rings. The second-order valence-corrected chi connectivity index (χ2v) is 6.35. The van der Waals surface area contributed by atoms with Gasteiger partial charge in [0.25, 0.3) is 0 Å². The molecule has 1 rings (SSSR count). The highest BCUT2D eigenvalue weighted by atomic mass is 15.2. The summed E-state index contributed by atoms with van der Waals surface area (Å²) in [5.41, 5.74) is 0. The number of hydrogen-bond donors (Lipinski definition) is 1. The minimum Gasteiger partial charge on any atom is -0.313 e. The van der Waals surface area contributed by atoms with Crippen LogP contribution in [0, 0.1) is 5.92 Å². The molecule has 3 heteroatoms. The van der Waals surface area contributed by atoms with E-state index in [1.54, 1.807) is 0 Å². The lowest BCUT2D eigenvalue weighted by Crippen LogP contribution is -2.49. The van der Waals surface area contributed by atoms with E-state index >= 15 is 0 Å². The summed E-state index contributed by atoms with van der Waals surface area (Å²) in [7, 11) is 4.34. The maximum absolute atomic E-state index is 3.68. The maximum Gasteiger partial charge on any atom is 0.0250 e. The molecule has 2 unspecified atom stereocenters. The van der Waals surface area contributed by atoms with E-state index in [1.807, 2.05) is 0 Å². The Labute approximate surface area is 114 Å². The van der Waals surface area contributed by atoms with Gasteiger partial charge in [0, 0.05) is 31.7 Å². The molecule has 0 spiro atoms. The molecule has 0 amide bonds. The number of rotatable bonds is 8. The van der Waals surface area contributed by atoms with Crippen molar-refractivity contribution >= 4 is 0 Å². The molecule has 108 valence electrons. The third-order valence-electron chi connectivity index (χ3n) is 3.85. The minimum atomic E-state index is 0.718. The summed E-state index contributed by atoms with van der Waals surface area (Å²) in [6.07, 6.45) is 4.12. The Bertz CT molecular complexity index is 216. The zero-order valence-electron chi connectivity index (χ0n) is 13.1. The fourth-order valence-corrected chi connectivity index (χ4v) is 3.07. The van der Waals surface area contributed by atoms with E-state index in [9.17, 15) is 0 Å². The molecule has 1 aliphatic carbocycles. The van der Waals surface area contributed by atoms with Crippen molar-refractivity contribution in [2.24, 2.45) is 5.92 Å². The molecule has 0 aliphatic heterocycles. The molecule has 0 radical (unpaired) electrons. The van der Waals surface area contributed by atoms with Crippen molar-refractivity contribution in [1.82, 2.24) is 15.1 Å². The topological polar surface area (TPSA) is 18.5 Å². The molecule has 1 saturated carbocycles. The molecule has 18 heavy (non-hydrogen) atoms. The largest absolute Gasteiger partial charge is 0.313 e. The van der Waals surface area contributed by atoms with Gasteiger partial charge in [-0.25, -0.2) is 0 Å². The van der Waals surface area contributed by atoms with Gasteiger partial charge in [0.1, 0.15) is 0 Å². The molecule has 2 atom stereocenters. The quantitative estimate of drug-likeness (QED) is 0.716. The van der Waals surface area contributed by atoms with Gasteiger partial charge in [-0.3, -0.25) is 4.90 Å². The Balaban J connectivity index is 2.56. The van der Waals surface area contributed by atoms with E-state index in [0.717, 1.165) is 24.5 Å². The van der Waals surface area contributed by atoms with Crippen molar-refractivity contribution in [2.75, 3.05) is 40.3 Å². The van der Waals surface area contributed by atoms with Crippen LogP contribution in [-0.4, -0.2) is 62.2 Å². The lowest BCUT2D eigenvalue weighted by molar-refractivity contribution is 0.142. The number of nitrogens with one attached hydrogen (secondary N) is 1. The van der Waals surface area contributed by atoms with Crippen molar-refractivity contribution in [2.45, 2.75) is 52.1 Å². The average Bonchev–Trinajstić information content (AvgIpc) is 2.72. The molecule has 0 aromatic heterocycles. The zero-order chi connectivity index (χ0) is 13.5. The van der Waals surface area contributed by atoms with Crippen LogP contribution in [0.1, 0.15) is 40.0 Å². The average molecular weight is 255 g/mol. The highest BCUT2D eigenvalue weighted by Crippen LogP contribution is 2.25. The normalized spacial score (nSPS) is 24.7. The summed E-state index contributed by atoms with van der Waals surface area (Å²) in [5.74, 6) is 0.759. The van der Waals surface area contributed by atoms with Gasteiger partial charge < -0.3 is 10.2 Å². The van der Waals surface area contributed by atoms with Crippen LogP contribution in [0.25, 0.3) is 0 Å². The standard InChI is InChI=1S/C15H33N3/c1-6-16-14-8-7-9-15(14)18(12-13(2)3)11-10-17(4)5/h13-16H,6-12H2,1-5H3. The molecule has 1 N–H and O–H groups in total. The Morgan fingerprint density at radius 1 is 1.17 bits per heavy atom. The SMILES string of the molecule is CCNC1CCCC1N(CCN(C)C)CC(C)C. The predicted octanol–water partition coefficient (Wildman–Crippen LogP) is 2.04. The van der Waals surface area contributed by atoms with Crippen molar-refractivity contribution in [3.8, 4) is 0 Å². The highest BCUT2D eigenvalue weighted by molar-refractivity contribution is 4.90.